The first-order chi connectivity index (χ1) is 8.24. The molecule has 1 aromatic heterocycles. The smallest absolute Gasteiger partial charge is 0.130 e. The molecule has 0 aliphatic rings. The molecule has 0 unspecified atom stereocenters. The summed E-state index contributed by atoms with van der Waals surface area (Å²) in [6.07, 6.45) is 6.87. The molecular formula is C13H21N3O. The molecule has 0 aliphatic carbocycles. The zero-order valence-electron chi connectivity index (χ0n) is 10.6. The van der Waals surface area contributed by atoms with Crippen molar-refractivity contribution >= 4 is 11.9 Å². The van der Waals surface area contributed by atoms with Crippen molar-refractivity contribution in [3.05, 3.63) is 29.5 Å². The summed E-state index contributed by atoms with van der Waals surface area (Å²) >= 11 is 0. The zero-order valence-corrected chi connectivity index (χ0v) is 10.6. The minimum atomic E-state index is 0.583. The average Bonchev–Trinajstić information content (AvgIpc) is 2.32. The molecule has 0 bridgehead atoms. The van der Waals surface area contributed by atoms with E-state index in [1.165, 1.54) is 0 Å². The first-order valence-electron chi connectivity index (χ1n) is 5.82. The largest absolute Gasteiger partial charge is 0.383 e. The van der Waals surface area contributed by atoms with E-state index in [2.05, 4.69) is 16.4 Å². The molecule has 4 nitrogen and oxygen atoms in total. The predicted molar refractivity (Wildman–Crippen MR) is 71.8 cm³/mol. The van der Waals surface area contributed by atoms with E-state index in [4.69, 9.17) is 10.5 Å². The Morgan fingerprint density at radius 1 is 1.47 bits per heavy atom. The third kappa shape index (κ3) is 5.47. The summed E-state index contributed by atoms with van der Waals surface area (Å²) in [5.41, 5.74) is 7.89. The lowest BCUT2D eigenvalue weighted by atomic mass is 10.2. The number of nitrogens with zero attached hydrogens (tertiary/aromatic N) is 1. The number of ether oxygens (including phenoxy) is 1. The highest BCUT2D eigenvalue weighted by atomic mass is 16.5. The second-order valence-electron chi connectivity index (χ2n) is 3.92. The van der Waals surface area contributed by atoms with Crippen LogP contribution < -0.4 is 11.1 Å². The van der Waals surface area contributed by atoms with Crippen LogP contribution in [0, 0.1) is 6.92 Å². The van der Waals surface area contributed by atoms with Gasteiger partial charge in [0.25, 0.3) is 0 Å². The standard InChI is InChI=1S/C13H21N3O/c1-11-9-12(13(14)16-10-11)5-3-4-6-15-7-8-17-2/h3,5,9-10,15H,4,6-8H2,1-2H3,(H2,14,16). The van der Waals surface area contributed by atoms with Crippen molar-refractivity contribution in [1.29, 1.82) is 0 Å². The van der Waals surface area contributed by atoms with Crippen molar-refractivity contribution in [3.8, 4) is 0 Å². The van der Waals surface area contributed by atoms with Crippen LogP contribution in [-0.4, -0.2) is 31.8 Å². The average molecular weight is 235 g/mol. The molecule has 0 fully saturated rings. The predicted octanol–water partition coefficient (Wildman–Crippen LogP) is 1.61. The van der Waals surface area contributed by atoms with Gasteiger partial charge < -0.3 is 15.8 Å². The van der Waals surface area contributed by atoms with Gasteiger partial charge in [0.2, 0.25) is 0 Å². The van der Waals surface area contributed by atoms with Crippen molar-refractivity contribution in [1.82, 2.24) is 10.3 Å². The Bertz CT molecular complexity index is 364. The number of anilines is 1. The normalized spacial score (nSPS) is 11.2. The van der Waals surface area contributed by atoms with Gasteiger partial charge >= 0.3 is 0 Å². The van der Waals surface area contributed by atoms with Gasteiger partial charge in [-0.2, -0.15) is 0 Å². The molecule has 4 heteroatoms. The summed E-state index contributed by atoms with van der Waals surface area (Å²) in [5.74, 6) is 0.583. The number of nitrogens with one attached hydrogen (secondary N) is 1. The summed E-state index contributed by atoms with van der Waals surface area (Å²) < 4.78 is 4.94. The lowest BCUT2D eigenvalue weighted by molar-refractivity contribution is 0.199. The number of aryl methyl sites for hydroxylation is 1. The molecular weight excluding hydrogens is 214 g/mol. The molecule has 0 atom stereocenters. The highest BCUT2D eigenvalue weighted by molar-refractivity contribution is 5.61. The highest BCUT2D eigenvalue weighted by Crippen LogP contribution is 2.12. The van der Waals surface area contributed by atoms with Gasteiger partial charge in [-0.15, -0.1) is 0 Å². The number of hydrogen-bond acceptors (Lipinski definition) is 4. The molecule has 0 aliphatic heterocycles. The van der Waals surface area contributed by atoms with Gasteiger partial charge in [0.15, 0.2) is 0 Å². The van der Waals surface area contributed by atoms with E-state index < -0.39 is 0 Å². The van der Waals surface area contributed by atoms with Crippen LogP contribution in [0.3, 0.4) is 0 Å². The van der Waals surface area contributed by atoms with Gasteiger partial charge in [-0.05, 0) is 31.5 Å². The topological polar surface area (TPSA) is 60.2 Å². The maximum atomic E-state index is 5.78. The Labute approximate surface area is 103 Å². The lowest BCUT2D eigenvalue weighted by Gasteiger charge is -2.02. The van der Waals surface area contributed by atoms with E-state index in [1.807, 2.05) is 19.1 Å². The number of nitrogen functional groups attached to an aromatic ring is 1. The molecule has 1 aromatic rings. The molecule has 0 saturated carbocycles. The Hall–Kier alpha value is -1.39. The monoisotopic (exact) mass is 235 g/mol. The second kappa shape index (κ2) is 7.81. The Balaban J connectivity index is 2.30. The zero-order chi connectivity index (χ0) is 12.5. The quantitative estimate of drug-likeness (QED) is 0.705. The number of methoxy groups -OCH3 is 1. The summed E-state index contributed by atoms with van der Waals surface area (Å²) in [7, 11) is 1.70. The minimum absolute atomic E-state index is 0.583. The SMILES string of the molecule is COCCNCCC=Cc1cc(C)cnc1N. The number of aromatic nitrogens is 1. The van der Waals surface area contributed by atoms with Crippen LogP contribution >= 0.6 is 0 Å². The van der Waals surface area contributed by atoms with Crippen LogP contribution in [0.1, 0.15) is 17.5 Å². The Kier molecular flexibility index (Phi) is 6.29. The van der Waals surface area contributed by atoms with E-state index in [0.717, 1.165) is 37.2 Å². The third-order valence-corrected chi connectivity index (χ3v) is 2.35. The van der Waals surface area contributed by atoms with Crippen molar-refractivity contribution in [2.45, 2.75) is 13.3 Å². The summed E-state index contributed by atoms with van der Waals surface area (Å²) in [6.45, 7) is 4.59. The van der Waals surface area contributed by atoms with E-state index >= 15 is 0 Å². The van der Waals surface area contributed by atoms with Crippen LogP contribution in [-0.2, 0) is 4.74 Å². The van der Waals surface area contributed by atoms with Gasteiger partial charge in [0.05, 0.1) is 6.61 Å². The molecule has 1 heterocycles. The fraction of sp³-hybridized carbons (Fsp3) is 0.462. The molecule has 0 aromatic carbocycles. The van der Waals surface area contributed by atoms with Gasteiger partial charge in [-0.3, -0.25) is 0 Å². The second-order valence-corrected chi connectivity index (χ2v) is 3.92. The molecule has 3 N–H and O–H groups in total. The van der Waals surface area contributed by atoms with E-state index in [1.54, 1.807) is 13.3 Å². The molecule has 1 rings (SSSR count). The Morgan fingerprint density at radius 2 is 2.29 bits per heavy atom. The van der Waals surface area contributed by atoms with Crippen molar-refractivity contribution < 1.29 is 4.74 Å². The molecule has 0 saturated heterocycles. The number of hydrogen-bond donors (Lipinski definition) is 2. The number of pyridine rings is 1. The molecule has 17 heavy (non-hydrogen) atoms. The molecule has 0 radical (unpaired) electrons. The number of nitrogens with two attached hydrogens (primary N) is 1. The van der Waals surface area contributed by atoms with E-state index in [-0.39, 0.29) is 0 Å². The van der Waals surface area contributed by atoms with Gasteiger partial charge in [-0.1, -0.05) is 12.2 Å². The first-order valence-corrected chi connectivity index (χ1v) is 5.82. The van der Waals surface area contributed by atoms with Gasteiger partial charge in [0.1, 0.15) is 5.82 Å². The van der Waals surface area contributed by atoms with Gasteiger partial charge in [0, 0.05) is 25.4 Å². The first kappa shape index (κ1) is 13.7. The fourth-order valence-electron chi connectivity index (χ4n) is 1.43. The van der Waals surface area contributed by atoms with Crippen LogP contribution in [0.2, 0.25) is 0 Å². The van der Waals surface area contributed by atoms with E-state index in [9.17, 15) is 0 Å². The van der Waals surface area contributed by atoms with Crippen molar-refractivity contribution in [2.75, 3.05) is 32.5 Å². The number of rotatable bonds is 7. The van der Waals surface area contributed by atoms with Gasteiger partial charge in [-0.25, -0.2) is 4.98 Å². The van der Waals surface area contributed by atoms with Crippen molar-refractivity contribution in [2.24, 2.45) is 0 Å². The van der Waals surface area contributed by atoms with Crippen LogP contribution in [0.15, 0.2) is 18.3 Å². The van der Waals surface area contributed by atoms with Crippen LogP contribution in [0.25, 0.3) is 6.08 Å². The highest BCUT2D eigenvalue weighted by Gasteiger charge is 1.95. The molecule has 94 valence electrons. The minimum Gasteiger partial charge on any atom is -0.383 e. The maximum Gasteiger partial charge on any atom is 0.130 e. The summed E-state index contributed by atoms with van der Waals surface area (Å²) in [4.78, 5) is 4.11. The van der Waals surface area contributed by atoms with Crippen molar-refractivity contribution in [3.63, 3.8) is 0 Å². The fourth-order valence-corrected chi connectivity index (χ4v) is 1.43. The Morgan fingerprint density at radius 3 is 3.06 bits per heavy atom. The molecule has 0 spiro atoms. The lowest BCUT2D eigenvalue weighted by Crippen LogP contribution is -2.19. The van der Waals surface area contributed by atoms with Crippen LogP contribution in [0.4, 0.5) is 5.82 Å². The molecule has 0 amide bonds. The van der Waals surface area contributed by atoms with E-state index in [0.29, 0.717) is 5.82 Å². The third-order valence-electron chi connectivity index (χ3n) is 2.35. The summed E-state index contributed by atoms with van der Waals surface area (Å²) in [5, 5.41) is 3.28. The summed E-state index contributed by atoms with van der Waals surface area (Å²) in [6, 6.07) is 2.04. The maximum absolute atomic E-state index is 5.78. The van der Waals surface area contributed by atoms with Crippen LogP contribution in [0.5, 0.6) is 0 Å².